The van der Waals surface area contributed by atoms with Crippen molar-refractivity contribution in [3.63, 3.8) is 0 Å². The number of ether oxygens (including phenoxy) is 1. The van der Waals surface area contributed by atoms with Gasteiger partial charge in [-0.2, -0.15) is 0 Å². The Labute approximate surface area is 122 Å². The van der Waals surface area contributed by atoms with Gasteiger partial charge >= 0.3 is 0 Å². The fourth-order valence-corrected chi connectivity index (χ4v) is 2.55. The van der Waals surface area contributed by atoms with Crippen LogP contribution in [0.5, 0.6) is 5.75 Å². The number of halogens is 1. The van der Waals surface area contributed by atoms with E-state index in [4.69, 9.17) is 4.74 Å². The molecule has 1 unspecified atom stereocenters. The minimum absolute atomic E-state index is 0.323. The molecule has 3 heteroatoms. The highest BCUT2D eigenvalue weighted by Crippen LogP contribution is 2.36. The van der Waals surface area contributed by atoms with E-state index in [1.165, 1.54) is 12.1 Å². The number of benzene rings is 3. The van der Waals surface area contributed by atoms with E-state index in [0.717, 1.165) is 10.8 Å². The van der Waals surface area contributed by atoms with E-state index in [2.05, 4.69) is 0 Å². The van der Waals surface area contributed by atoms with Crippen LogP contribution in [0.1, 0.15) is 17.2 Å². The van der Waals surface area contributed by atoms with Crippen molar-refractivity contribution in [2.24, 2.45) is 0 Å². The van der Waals surface area contributed by atoms with E-state index in [0.29, 0.717) is 16.9 Å². The molecule has 21 heavy (non-hydrogen) atoms. The maximum absolute atomic E-state index is 13.0. The summed E-state index contributed by atoms with van der Waals surface area (Å²) in [7, 11) is 1.57. The van der Waals surface area contributed by atoms with Gasteiger partial charge in [-0.25, -0.2) is 4.39 Å². The molecular weight excluding hydrogens is 267 g/mol. The van der Waals surface area contributed by atoms with Gasteiger partial charge in [0.1, 0.15) is 17.7 Å². The Morgan fingerprint density at radius 1 is 0.952 bits per heavy atom. The van der Waals surface area contributed by atoms with Gasteiger partial charge in [-0.15, -0.1) is 0 Å². The summed E-state index contributed by atoms with van der Waals surface area (Å²) in [6, 6.07) is 17.4. The molecule has 0 aliphatic heterocycles. The Bertz CT molecular complexity index is 766. The summed E-state index contributed by atoms with van der Waals surface area (Å²) in [6.07, 6.45) is -0.869. The van der Waals surface area contributed by atoms with Crippen LogP contribution in [-0.4, -0.2) is 12.2 Å². The van der Waals surface area contributed by atoms with Crippen molar-refractivity contribution < 1.29 is 14.2 Å². The lowest BCUT2D eigenvalue weighted by atomic mass is 9.95. The summed E-state index contributed by atoms with van der Waals surface area (Å²) < 4.78 is 18.4. The molecule has 0 radical (unpaired) electrons. The topological polar surface area (TPSA) is 29.5 Å². The molecular formula is C18H15FO2. The third-order valence-electron chi connectivity index (χ3n) is 3.61. The van der Waals surface area contributed by atoms with E-state index in [1.807, 2.05) is 36.4 Å². The second kappa shape index (κ2) is 5.54. The van der Waals surface area contributed by atoms with Gasteiger partial charge in [0, 0.05) is 5.56 Å². The normalized spacial score (nSPS) is 12.3. The molecule has 0 saturated carbocycles. The summed E-state index contributed by atoms with van der Waals surface area (Å²) in [5.41, 5.74) is 1.33. The second-order valence-electron chi connectivity index (χ2n) is 4.86. The first-order valence-corrected chi connectivity index (χ1v) is 6.70. The molecule has 0 aliphatic rings. The molecule has 0 saturated heterocycles. The zero-order chi connectivity index (χ0) is 14.8. The molecule has 0 amide bonds. The maximum atomic E-state index is 13.0. The standard InChI is InChI=1S/C18H15FO2/c1-21-16-11-8-12-4-2-3-5-15(12)17(16)18(20)13-6-9-14(19)10-7-13/h2-11,18,20H,1H3. The van der Waals surface area contributed by atoms with Crippen LogP contribution in [-0.2, 0) is 0 Å². The molecule has 3 aromatic carbocycles. The van der Waals surface area contributed by atoms with Crippen molar-refractivity contribution >= 4 is 10.8 Å². The van der Waals surface area contributed by atoms with Crippen LogP contribution < -0.4 is 4.74 Å². The van der Waals surface area contributed by atoms with Crippen molar-refractivity contribution in [2.75, 3.05) is 7.11 Å². The molecule has 0 fully saturated rings. The first-order chi connectivity index (χ1) is 10.2. The van der Waals surface area contributed by atoms with Gasteiger partial charge in [-0.1, -0.05) is 42.5 Å². The SMILES string of the molecule is COc1ccc2ccccc2c1C(O)c1ccc(F)cc1. The number of hydrogen-bond acceptors (Lipinski definition) is 2. The van der Waals surface area contributed by atoms with Gasteiger partial charge < -0.3 is 9.84 Å². The zero-order valence-electron chi connectivity index (χ0n) is 11.6. The fraction of sp³-hybridized carbons (Fsp3) is 0.111. The van der Waals surface area contributed by atoms with E-state index < -0.39 is 6.10 Å². The summed E-state index contributed by atoms with van der Waals surface area (Å²) in [5, 5.41) is 12.6. The van der Waals surface area contributed by atoms with Crippen LogP contribution in [0, 0.1) is 5.82 Å². The van der Waals surface area contributed by atoms with E-state index in [-0.39, 0.29) is 5.82 Å². The van der Waals surface area contributed by atoms with Crippen LogP contribution in [0.25, 0.3) is 10.8 Å². The summed E-state index contributed by atoms with van der Waals surface area (Å²) in [6.45, 7) is 0. The van der Waals surface area contributed by atoms with E-state index >= 15 is 0 Å². The average Bonchev–Trinajstić information content (AvgIpc) is 2.53. The second-order valence-corrected chi connectivity index (χ2v) is 4.86. The Morgan fingerprint density at radius 2 is 1.67 bits per heavy atom. The largest absolute Gasteiger partial charge is 0.496 e. The highest BCUT2D eigenvalue weighted by atomic mass is 19.1. The number of rotatable bonds is 3. The third-order valence-corrected chi connectivity index (χ3v) is 3.61. The molecule has 0 aromatic heterocycles. The maximum Gasteiger partial charge on any atom is 0.125 e. The summed E-state index contributed by atoms with van der Waals surface area (Å²) >= 11 is 0. The molecule has 0 spiro atoms. The van der Waals surface area contributed by atoms with Crippen LogP contribution in [0.4, 0.5) is 4.39 Å². The molecule has 0 bridgehead atoms. The van der Waals surface area contributed by atoms with Crippen molar-refractivity contribution in [2.45, 2.75) is 6.10 Å². The van der Waals surface area contributed by atoms with Crippen LogP contribution >= 0.6 is 0 Å². The van der Waals surface area contributed by atoms with Crippen molar-refractivity contribution in [3.8, 4) is 5.75 Å². The van der Waals surface area contributed by atoms with Crippen LogP contribution in [0.3, 0.4) is 0 Å². The van der Waals surface area contributed by atoms with Crippen molar-refractivity contribution in [1.29, 1.82) is 0 Å². The number of aliphatic hydroxyl groups excluding tert-OH is 1. The predicted octanol–water partition coefficient (Wildman–Crippen LogP) is 4.07. The number of aliphatic hydroxyl groups is 1. The molecule has 3 rings (SSSR count). The minimum Gasteiger partial charge on any atom is -0.496 e. The molecule has 2 nitrogen and oxygen atoms in total. The van der Waals surface area contributed by atoms with Crippen molar-refractivity contribution in [1.82, 2.24) is 0 Å². The lowest BCUT2D eigenvalue weighted by Gasteiger charge is -2.18. The lowest BCUT2D eigenvalue weighted by Crippen LogP contribution is -2.03. The van der Waals surface area contributed by atoms with Gasteiger partial charge in [0.05, 0.1) is 7.11 Å². The Balaban J connectivity index is 2.19. The van der Waals surface area contributed by atoms with Gasteiger partial charge in [-0.05, 0) is 34.5 Å². The smallest absolute Gasteiger partial charge is 0.125 e. The van der Waals surface area contributed by atoms with Gasteiger partial charge in [-0.3, -0.25) is 0 Å². The van der Waals surface area contributed by atoms with Crippen molar-refractivity contribution in [3.05, 3.63) is 77.6 Å². The van der Waals surface area contributed by atoms with Gasteiger partial charge in [0.2, 0.25) is 0 Å². The predicted molar refractivity (Wildman–Crippen MR) is 81.0 cm³/mol. The van der Waals surface area contributed by atoms with Crippen LogP contribution in [0.15, 0.2) is 60.7 Å². The number of fused-ring (bicyclic) bond motifs is 1. The molecule has 1 N–H and O–H groups in total. The number of methoxy groups -OCH3 is 1. The quantitative estimate of drug-likeness (QED) is 0.784. The van der Waals surface area contributed by atoms with Crippen LogP contribution in [0.2, 0.25) is 0 Å². The molecule has 0 aliphatic carbocycles. The average molecular weight is 282 g/mol. The first kappa shape index (κ1) is 13.6. The lowest BCUT2D eigenvalue weighted by molar-refractivity contribution is 0.216. The highest BCUT2D eigenvalue weighted by molar-refractivity contribution is 5.88. The third kappa shape index (κ3) is 2.48. The van der Waals surface area contributed by atoms with Gasteiger partial charge in [0.15, 0.2) is 0 Å². The fourth-order valence-electron chi connectivity index (χ4n) is 2.55. The molecule has 106 valence electrons. The van der Waals surface area contributed by atoms with E-state index in [9.17, 15) is 9.50 Å². The molecule has 3 aromatic rings. The first-order valence-electron chi connectivity index (χ1n) is 6.70. The minimum atomic E-state index is -0.869. The zero-order valence-corrected chi connectivity index (χ0v) is 11.6. The molecule has 0 heterocycles. The number of hydrogen-bond donors (Lipinski definition) is 1. The van der Waals surface area contributed by atoms with Gasteiger partial charge in [0.25, 0.3) is 0 Å². The molecule has 1 atom stereocenters. The monoisotopic (exact) mass is 282 g/mol. The Morgan fingerprint density at radius 3 is 2.38 bits per heavy atom. The highest BCUT2D eigenvalue weighted by Gasteiger charge is 2.18. The summed E-state index contributed by atoms with van der Waals surface area (Å²) in [5.74, 6) is 0.293. The Kier molecular flexibility index (Phi) is 3.59. The summed E-state index contributed by atoms with van der Waals surface area (Å²) in [4.78, 5) is 0. The van der Waals surface area contributed by atoms with E-state index in [1.54, 1.807) is 19.2 Å². The Hall–Kier alpha value is -2.39.